The maximum atomic E-state index is 6.35. The van der Waals surface area contributed by atoms with E-state index in [1.165, 1.54) is 19.3 Å². The highest BCUT2D eigenvalue weighted by molar-refractivity contribution is 6.77. The van der Waals surface area contributed by atoms with Crippen LogP contribution >= 0.6 is 0 Å². The molecule has 3 heteroatoms. The smallest absolute Gasteiger partial charge is 0.119 e. The molecule has 2 aromatic rings. The Morgan fingerprint density at radius 2 is 1.64 bits per heavy atom. The highest BCUT2D eigenvalue weighted by Crippen LogP contribution is 2.24. The van der Waals surface area contributed by atoms with E-state index in [4.69, 9.17) is 4.74 Å². The Bertz CT molecular complexity index is 644. The summed E-state index contributed by atoms with van der Waals surface area (Å²) in [5.74, 6) is 0.961. The van der Waals surface area contributed by atoms with E-state index in [0.717, 1.165) is 23.4 Å². The Kier molecular flexibility index (Phi) is 7.45. The summed E-state index contributed by atoms with van der Waals surface area (Å²) in [7, 11) is -1.34. The fourth-order valence-corrected chi connectivity index (χ4v) is 4.27. The van der Waals surface area contributed by atoms with E-state index < -0.39 is 8.07 Å². The summed E-state index contributed by atoms with van der Waals surface area (Å²) < 4.78 is 6.35. The zero-order valence-electron chi connectivity index (χ0n) is 16.0. The number of unbranched alkanes of at least 4 members (excludes halogenated alkanes) is 2. The van der Waals surface area contributed by atoms with Gasteiger partial charge in [0.1, 0.15) is 5.75 Å². The molecule has 2 aromatic carbocycles. The average Bonchev–Trinajstić information content (AvgIpc) is 2.60. The predicted octanol–water partition coefficient (Wildman–Crippen LogP) is 6.64. The van der Waals surface area contributed by atoms with Crippen LogP contribution in [0.5, 0.6) is 5.75 Å². The molecule has 0 radical (unpaired) electrons. The van der Waals surface area contributed by atoms with Gasteiger partial charge < -0.3 is 4.74 Å². The number of hydrogen-bond donors (Lipinski definition) is 0. The van der Waals surface area contributed by atoms with Gasteiger partial charge in [-0.3, -0.25) is 4.99 Å². The van der Waals surface area contributed by atoms with Crippen molar-refractivity contribution in [3.63, 3.8) is 0 Å². The second kappa shape index (κ2) is 9.57. The van der Waals surface area contributed by atoms with Crippen LogP contribution in [0.15, 0.2) is 59.6 Å². The molecule has 0 bridgehead atoms. The van der Waals surface area contributed by atoms with Crippen LogP contribution in [0.3, 0.4) is 0 Å². The van der Waals surface area contributed by atoms with E-state index in [2.05, 4.69) is 43.7 Å². The zero-order chi connectivity index (χ0) is 18.1. The van der Waals surface area contributed by atoms with Gasteiger partial charge in [0.2, 0.25) is 0 Å². The lowest BCUT2D eigenvalue weighted by molar-refractivity contribution is 0.253. The zero-order valence-corrected chi connectivity index (χ0v) is 17.0. The molecule has 2 rings (SSSR count). The molecule has 1 atom stereocenters. The summed E-state index contributed by atoms with van der Waals surface area (Å²) in [6.45, 7) is 9.42. The normalized spacial score (nSPS) is 13.1. The largest absolute Gasteiger partial charge is 0.494 e. The van der Waals surface area contributed by atoms with Crippen molar-refractivity contribution in [3.05, 3.63) is 60.2 Å². The molecular weight excluding hydrogens is 322 g/mol. The van der Waals surface area contributed by atoms with Crippen LogP contribution in [0.2, 0.25) is 19.6 Å². The lowest BCUT2D eigenvalue weighted by atomic mass is 10.2. The minimum absolute atomic E-state index is 0.373. The number of nitrogens with zero attached hydrogens (tertiary/aromatic N) is 1. The van der Waals surface area contributed by atoms with Crippen LogP contribution in [0.1, 0.15) is 38.2 Å². The van der Waals surface area contributed by atoms with E-state index in [9.17, 15) is 0 Å². The molecule has 25 heavy (non-hydrogen) atoms. The van der Waals surface area contributed by atoms with Gasteiger partial charge in [-0.25, -0.2) is 0 Å². The van der Waals surface area contributed by atoms with Gasteiger partial charge in [-0.15, -0.1) is 0 Å². The monoisotopic (exact) mass is 353 g/mol. The first-order valence-electron chi connectivity index (χ1n) is 9.35. The van der Waals surface area contributed by atoms with Gasteiger partial charge in [-0.1, -0.05) is 76.2 Å². The topological polar surface area (TPSA) is 21.6 Å². The molecular formula is C22H31NOSi. The number of aliphatic imine (C=N–C) groups is 1. The Morgan fingerprint density at radius 3 is 2.24 bits per heavy atom. The van der Waals surface area contributed by atoms with E-state index >= 15 is 0 Å². The SMILES string of the molecule is CCCCCC(Oc1ccc(/N=C/c2ccccc2)cc1)[Si](C)(C)C. The molecule has 0 aliphatic carbocycles. The number of benzene rings is 2. The van der Waals surface area contributed by atoms with Gasteiger partial charge in [0.15, 0.2) is 0 Å². The second-order valence-electron chi connectivity index (χ2n) is 7.63. The molecule has 0 spiro atoms. The summed E-state index contributed by atoms with van der Waals surface area (Å²) >= 11 is 0. The molecule has 0 heterocycles. The van der Waals surface area contributed by atoms with Gasteiger partial charge in [-0.2, -0.15) is 0 Å². The van der Waals surface area contributed by atoms with Gasteiger partial charge in [0, 0.05) is 6.21 Å². The van der Waals surface area contributed by atoms with Crippen molar-refractivity contribution in [1.29, 1.82) is 0 Å². The molecule has 1 unspecified atom stereocenters. The van der Waals surface area contributed by atoms with Crippen LogP contribution in [-0.2, 0) is 0 Å². The van der Waals surface area contributed by atoms with Crippen molar-refractivity contribution >= 4 is 20.0 Å². The second-order valence-corrected chi connectivity index (χ2v) is 13.0. The molecule has 0 fully saturated rings. The van der Waals surface area contributed by atoms with Crippen LogP contribution in [0, 0.1) is 0 Å². The van der Waals surface area contributed by atoms with E-state index in [0.29, 0.717) is 5.73 Å². The maximum absolute atomic E-state index is 6.35. The van der Waals surface area contributed by atoms with Crippen molar-refractivity contribution in [2.45, 2.75) is 58.0 Å². The summed E-state index contributed by atoms with van der Waals surface area (Å²) in [4.78, 5) is 4.53. The van der Waals surface area contributed by atoms with Crippen molar-refractivity contribution in [2.24, 2.45) is 4.99 Å². The Morgan fingerprint density at radius 1 is 0.960 bits per heavy atom. The minimum atomic E-state index is -1.34. The molecule has 0 amide bonds. The maximum Gasteiger partial charge on any atom is 0.119 e. The van der Waals surface area contributed by atoms with Gasteiger partial charge in [0.05, 0.1) is 19.5 Å². The quantitative estimate of drug-likeness (QED) is 0.281. The lowest BCUT2D eigenvalue weighted by Gasteiger charge is -2.29. The molecule has 2 nitrogen and oxygen atoms in total. The summed E-state index contributed by atoms with van der Waals surface area (Å²) in [5, 5.41) is 0. The van der Waals surface area contributed by atoms with Gasteiger partial charge in [0.25, 0.3) is 0 Å². The highest BCUT2D eigenvalue weighted by atomic mass is 28.3. The fourth-order valence-electron chi connectivity index (χ4n) is 2.71. The van der Waals surface area contributed by atoms with Crippen LogP contribution < -0.4 is 4.74 Å². The first kappa shape index (κ1) is 19.5. The van der Waals surface area contributed by atoms with Crippen LogP contribution in [-0.4, -0.2) is 20.0 Å². The number of rotatable bonds is 9. The van der Waals surface area contributed by atoms with Crippen LogP contribution in [0.4, 0.5) is 5.69 Å². The van der Waals surface area contributed by atoms with Crippen molar-refractivity contribution in [1.82, 2.24) is 0 Å². The van der Waals surface area contributed by atoms with Gasteiger partial charge in [-0.05, 0) is 36.2 Å². The van der Waals surface area contributed by atoms with E-state index in [-0.39, 0.29) is 0 Å². The summed E-state index contributed by atoms with van der Waals surface area (Å²) in [6, 6.07) is 18.3. The third-order valence-electron chi connectivity index (χ3n) is 4.31. The highest BCUT2D eigenvalue weighted by Gasteiger charge is 2.28. The Labute approximate surface area is 154 Å². The minimum Gasteiger partial charge on any atom is -0.494 e. The predicted molar refractivity (Wildman–Crippen MR) is 112 cm³/mol. The molecule has 0 saturated heterocycles. The molecule has 0 aliphatic rings. The molecule has 134 valence electrons. The number of ether oxygens (including phenoxy) is 1. The van der Waals surface area contributed by atoms with E-state index in [1.807, 2.05) is 48.7 Å². The van der Waals surface area contributed by atoms with Crippen LogP contribution in [0.25, 0.3) is 0 Å². The molecule has 0 N–H and O–H groups in total. The Hall–Kier alpha value is -1.87. The Balaban J connectivity index is 1.99. The third kappa shape index (κ3) is 6.87. The standard InChI is InChI=1S/C22H31NOSi/c1-5-6-8-13-22(25(2,3)4)24-21-16-14-20(15-17-21)23-18-19-11-9-7-10-12-19/h7,9-12,14-18,22H,5-6,8,13H2,1-4H3/b23-18+. The fraction of sp³-hybridized carbons (Fsp3) is 0.409. The number of hydrogen-bond acceptors (Lipinski definition) is 2. The summed E-state index contributed by atoms with van der Waals surface area (Å²) in [6.07, 6.45) is 6.86. The molecule has 0 aromatic heterocycles. The van der Waals surface area contributed by atoms with Crippen molar-refractivity contribution in [3.8, 4) is 5.75 Å². The molecule has 0 aliphatic heterocycles. The van der Waals surface area contributed by atoms with E-state index in [1.54, 1.807) is 0 Å². The third-order valence-corrected chi connectivity index (χ3v) is 6.65. The van der Waals surface area contributed by atoms with Crippen molar-refractivity contribution < 1.29 is 4.74 Å². The first-order valence-corrected chi connectivity index (χ1v) is 12.9. The average molecular weight is 354 g/mol. The molecule has 0 saturated carbocycles. The lowest BCUT2D eigenvalue weighted by Crippen LogP contribution is -2.42. The van der Waals surface area contributed by atoms with Crippen molar-refractivity contribution in [2.75, 3.05) is 0 Å². The first-order chi connectivity index (χ1) is 12.0. The van der Waals surface area contributed by atoms with Gasteiger partial charge >= 0.3 is 0 Å². The summed E-state index contributed by atoms with van der Waals surface area (Å²) in [5.41, 5.74) is 2.43.